The van der Waals surface area contributed by atoms with E-state index in [1.165, 1.54) is 11.8 Å². The summed E-state index contributed by atoms with van der Waals surface area (Å²) in [5.74, 6) is 0. The Kier molecular flexibility index (Phi) is 3.77. The molecular formula is C10H16N2OS. The van der Waals surface area contributed by atoms with Crippen molar-refractivity contribution in [1.29, 1.82) is 0 Å². The van der Waals surface area contributed by atoms with Crippen molar-refractivity contribution in [3.63, 3.8) is 0 Å². The molecule has 3 N–H and O–H groups in total. The fraction of sp³-hybridized carbons (Fsp3) is 0.500. The van der Waals surface area contributed by atoms with Gasteiger partial charge in [0.05, 0.1) is 11.1 Å². The summed E-state index contributed by atoms with van der Waals surface area (Å²) in [5, 5.41) is 10.3. The summed E-state index contributed by atoms with van der Waals surface area (Å²) in [4.78, 5) is 4.23. The Hall–Kier alpha value is -0.740. The van der Waals surface area contributed by atoms with Crippen LogP contribution in [-0.4, -0.2) is 21.4 Å². The topological polar surface area (TPSA) is 59.1 Å². The molecule has 0 saturated heterocycles. The van der Waals surface area contributed by atoms with Crippen LogP contribution in [0.5, 0.6) is 0 Å². The van der Waals surface area contributed by atoms with Gasteiger partial charge in [-0.05, 0) is 25.5 Å². The molecule has 1 heterocycles. The van der Waals surface area contributed by atoms with Gasteiger partial charge in [-0.1, -0.05) is 6.92 Å². The van der Waals surface area contributed by atoms with Gasteiger partial charge < -0.3 is 10.8 Å². The Balaban J connectivity index is 2.73. The number of thioether (sulfide) groups is 1. The molecule has 0 fully saturated rings. The van der Waals surface area contributed by atoms with Gasteiger partial charge in [-0.15, -0.1) is 11.8 Å². The Bertz CT molecular complexity index is 315. The first-order chi connectivity index (χ1) is 6.50. The van der Waals surface area contributed by atoms with Gasteiger partial charge >= 0.3 is 0 Å². The first-order valence-corrected chi connectivity index (χ1v) is 5.45. The molecule has 0 aliphatic heterocycles. The van der Waals surface area contributed by atoms with Crippen LogP contribution in [0.1, 0.15) is 19.4 Å². The average Bonchev–Trinajstić information content (AvgIpc) is 2.11. The molecule has 3 nitrogen and oxygen atoms in total. The van der Waals surface area contributed by atoms with E-state index in [9.17, 15) is 5.11 Å². The van der Waals surface area contributed by atoms with E-state index in [2.05, 4.69) is 4.98 Å². The molecule has 78 valence electrons. The minimum Gasteiger partial charge on any atom is -0.398 e. The Morgan fingerprint density at radius 2 is 2.14 bits per heavy atom. The molecule has 1 rings (SSSR count). The monoisotopic (exact) mass is 212 g/mol. The minimum absolute atomic E-state index is 0.129. The van der Waals surface area contributed by atoms with E-state index in [4.69, 9.17) is 5.73 Å². The van der Waals surface area contributed by atoms with Crippen molar-refractivity contribution in [2.75, 3.05) is 5.73 Å². The highest BCUT2D eigenvalue weighted by Crippen LogP contribution is 2.25. The molecule has 0 amide bonds. The molecule has 14 heavy (non-hydrogen) atoms. The molecule has 0 aromatic carbocycles. The maximum absolute atomic E-state index is 9.33. The molecule has 0 bridgehead atoms. The van der Waals surface area contributed by atoms with Crippen LogP contribution in [0.15, 0.2) is 17.3 Å². The van der Waals surface area contributed by atoms with Gasteiger partial charge in [0.1, 0.15) is 0 Å². The third kappa shape index (κ3) is 2.89. The van der Waals surface area contributed by atoms with Crippen LogP contribution in [0.4, 0.5) is 5.69 Å². The van der Waals surface area contributed by atoms with Crippen LogP contribution in [0.2, 0.25) is 0 Å². The van der Waals surface area contributed by atoms with E-state index in [0.29, 0.717) is 0 Å². The van der Waals surface area contributed by atoms with E-state index in [0.717, 1.165) is 16.3 Å². The molecule has 2 atom stereocenters. The van der Waals surface area contributed by atoms with E-state index in [1.54, 1.807) is 13.1 Å². The summed E-state index contributed by atoms with van der Waals surface area (Å²) in [7, 11) is 0. The number of nitrogens with zero attached hydrogens (tertiary/aromatic N) is 1. The largest absolute Gasteiger partial charge is 0.398 e. The zero-order chi connectivity index (χ0) is 10.7. The van der Waals surface area contributed by atoms with Gasteiger partial charge in [0.15, 0.2) is 0 Å². The third-order valence-corrected chi connectivity index (χ3v) is 3.34. The molecule has 0 aliphatic rings. The zero-order valence-corrected chi connectivity index (χ0v) is 9.51. The highest BCUT2D eigenvalue weighted by molar-refractivity contribution is 7.99. The molecule has 0 radical (unpaired) electrons. The van der Waals surface area contributed by atoms with E-state index < -0.39 is 0 Å². The quantitative estimate of drug-likeness (QED) is 0.750. The molecule has 1 aromatic heterocycles. The van der Waals surface area contributed by atoms with Gasteiger partial charge in [0.25, 0.3) is 0 Å². The van der Waals surface area contributed by atoms with Gasteiger partial charge in [0, 0.05) is 17.1 Å². The van der Waals surface area contributed by atoms with Crippen molar-refractivity contribution in [3.8, 4) is 0 Å². The standard InChI is InChI=1S/C10H16N2OS/c1-6-5-12-10(4-9(6)11)14-8(3)7(2)13/h4-5,7-8,13H,1-3H3,(H2,11,12). The summed E-state index contributed by atoms with van der Waals surface area (Å²) < 4.78 is 0. The number of aliphatic hydroxyl groups excluding tert-OH is 1. The third-order valence-electron chi connectivity index (χ3n) is 2.11. The number of rotatable bonds is 3. The van der Waals surface area contributed by atoms with Crippen molar-refractivity contribution in [1.82, 2.24) is 4.98 Å². The smallest absolute Gasteiger partial charge is 0.0984 e. The number of hydrogen-bond acceptors (Lipinski definition) is 4. The number of aromatic nitrogens is 1. The van der Waals surface area contributed by atoms with Gasteiger partial charge in [-0.3, -0.25) is 0 Å². The molecule has 2 unspecified atom stereocenters. The number of pyridine rings is 1. The second kappa shape index (κ2) is 4.66. The van der Waals surface area contributed by atoms with E-state index in [1.807, 2.05) is 19.9 Å². The second-order valence-corrected chi connectivity index (χ2v) is 4.84. The minimum atomic E-state index is -0.343. The van der Waals surface area contributed by atoms with Gasteiger partial charge in [-0.25, -0.2) is 4.98 Å². The van der Waals surface area contributed by atoms with E-state index >= 15 is 0 Å². The van der Waals surface area contributed by atoms with Crippen LogP contribution in [0.25, 0.3) is 0 Å². The van der Waals surface area contributed by atoms with E-state index in [-0.39, 0.29) is 11.4 Å². The maximum Gasteiger partial charge on any atom is 0.0984 e. The van der Waals surface area contributed by atoms with Crippen molar-refractivity contribution >= 4 is 17.4 Å². The number of anilines is 1. The lowest BCUT2D eigenvalue weighted by molar-refractivity contribution is 0.196. The normalized spacial score (nSPS) is 15.1. The van der Waals surface area contributed by atoms with Crippen LogP contribution < -0.4 is 5.73 Å². The summed E-state index contributed by atoms with van der Waals surface area (Å²) >= 11 is 1.53. The number of nitrogens with two attached hydrogens (primary N) is 1. The lowest BCUT2D eigenvalue weighted by Crippen LogP contribution is -2.15. The summed E-state index contributed by atoms with van der Waals surface area (Å²) in [5.41, 5.74) is 7.49. The van der Waals surface area contributed by atoms with Crippen LogP contribution >= 0.6 is 11.8 Å². The fourth-order valence-electron chi connectivity index (χ4n) is 0.872. The summed E-state index contributed by atoms with van der Waals surface area (Å²) in [6.45, 7) is 5.66. The van der Waals surface area contributed by atoms with Crippen LogP contribution in [-0.2, 0) is 0 Å². The Morgan fingerprint density at radius 3 is 2.64 bits per heavy atom. The van der Waals surface area contributed by atoms with Crippen molar-refractivity contribution < 1.29 is 5.11 Å². The maximum atomic E-state index is 9.33. The van der Waals surface area contributed by atoms with Crippen LogP contribution in [0.3, 0.4) is 0 Å². The van der Waals surface area contributed by atoms with Gasteiger partial charge in [0.2, 0.25) is 0 Å². The highest BCUT2D eigenvalue weighted by Gasteiger charge is 2.11. The number of aliphatic hydroxyl groups is 1. The van der Waals surface area contributed by atoms with Crippen molar-refractivity contribution in [2.24, 2.45) is 0 Å². The van der Waals surface area contributed by atoms with Crippen molar-refractivity contribution in [2.45, 2.75) is 37.2 Å². The molecule has 1 aromatic rings. The Morgan fingerprint density at radius 1 is 1.50 bits per heavy atom. The van der Waals surface area contributed by atoms with Crippen molar-refractivity contribution in [3.05, 3.63) is 17.8 Å². The molecular weight excluding hydrogens is 196 g/mol. The summed E-state index contributed by atoms with van der Waals surface area (Å²) in [6.07, 6.45) is 1.41. The predicted molar refractivity (Wildman–Crippen MR) is 60.4 cm³/mol. The Labute approximate surface area is 88.7 Å². The molecule has 0 saturated carbocycles. The lowest BCUT2D eigenvalue weighted by Gasteiger charge is -2.13. The first-order valence-electron chi connectivity index (χ1n) is 4.57. The molecule has 0 aliphatic carbocycles. The zero-order valence-electron chi connectivity index (χ0n) is 8.69. The second-order valence-electron chi connectivity index (χ2n) is 3.44. The first kappa shape index (κ1) is 11.3. The number of nitrogen functional groups attached to an aromatic ring is 1. The predicted octanol–water partition coefficient (Wildman–Crippen LogP) is 1.83. The molecule has 4 heteroatoms. The number of aryl methyl sites for hydroxylation is 1. The van der Waals surface area contributed by atoms with Gasteiger partial charge in [-0.2, -0.15) is 0 Å². The fourth-order valence-corrected chi connectivity index (χ4v) is 1.76. The summed E-state index contributed by atoms with van der Waals surface area (Å²) in [6, 6.07) is 1.85. The average molecular weight is 212 g/mol. The number of hydrogen-bond donors (Lipinski definition) is 2. The highest BCUT2D eigenvalue weighted by atomic mass is 32.2. The lowest BCUT2D eigenvalue weighted by atomic mass is 10.3. The SMILES string of the molecule is Cc1cnc(SC(C)C(C)O)cc1N. The van der Waals surface area contributed by atoms with Crippen LogP contribution in [0, 0.1) is 6.92 Å². The molecule has 0 spiro atoms.